The zero-order valence-electron chi connectivity index (χ0n) is 19.0. The van der Waals surface area contributed by atoms with Gasteiger partial charge in [-0.05, 0) is 49.5 Å². The predicted molar refractivity (Wildman–Crippen MR) is 122 cm³/mol. The van der Waals surface area contributed by atoms with Crippen molar-refractivity contribution in [3.63, 3.8) is 0 Å². The van der Waals surface area contributed by atoms with Gasteiger partial charge in [0.25, 0.3) is 5.91 Å². The highest BCUT2D eigenvalue weighted by Crippen LogP contribution is 2.26. The van der Waals surface area contributed by atoms with Crippen molar-refractivity contribution in [3.8, 4) is 0 Å². The number of rotatable bonds is 7. The first-order chi connectivity index (χ1) is 14.7. The van der Waals surface area contributed by atoms with Gasteiger partial charge in [0.1, 0.15) is 6.29 Å². The van der Waals surface area contributed by atoms with Crippen molar-refractivity contribution in [1.29, 1.82) is 0 Å². The molecule has 2 rings (SSSR count). The average molecular weight is 441 g/mol. The first-order valence-corrected chi connectivity index (χ1v) is 10.8. The lowest BCUT2D eigenvalue weighted by molar-refractivity contribution is -0.117. The lowest BCUT2D eigenvalue weighted by Crippen LogP contribution is -2.24. The number of nitrogens with two attached hydrogens (primary N) is 2. The molecule has 0 heterocycles. The highest BCUT2D eigenvalue weighted by molar-refractivity contribution is 5.92. The fraction of sp³-hybridized carbons (Fsp3) is 0.609. The SMILES string of the molecule is CNCC(C)C.NC(N)=NC(=O)Cc1ccc(F)c(F)c1.O=CCCC1CCCCC1. The number of amides is 1. The fourth-order valence-electron chi connectivity index (χ4n) is 3.20. The van der Waals surface area contributed by atoms with E-state index in [0.29, 0.717) is 5.56 Å². The smallest absolute Gasteiger partial charge is 0.253 e. The standard InChI is InChI=1S/C9H9F2N3O.C9H16O.C5H13N/c10-6-2-1-5(3-7(6)11)4-8(15)14-9(12)13;10-8-4-7-9-5-2-1-3-6-9;1-5(2)4-6-3/h1-3H,4H2,(H4,12,13,14,15);8-9H,1-7H2;5-6H,4H2,1-3H3. The van der Waals surface area contributed by atoms with Crippen LogP contribution in [0.5, 0.6) is 0 Å². The van der Waals surface area contributed by atoms with Gasteiger partial charge in [-0.15, -0.1) is 0 Å². The minimum Gasteiger partial charge on any atom is -0.370 e. The Hall–Kier alpha value is -2.35. The largest absolute Gasteiger partial charge is 0.370 e. The molecule has 0 unspecified atom stereocenters. The summed E-state index contributed by atoms with van der Waals surface area (Å²) in [5.74, 6) is -1.28. The maximum absolute atomic E-state index is 12.7. The lowest BCUT2D eigenvalue weighted by atomic mass is 9.86. The zero-order chi connectivity index (χ0) is 23.6. The summed E-state index contributed by atoms with van der Waals surface area (Å²) in [6.07, 6.45) is 9.74. The van der Waals surface area contributed by atoms with Gasteiger partial charge in [0.05, 0.1) is 6.42 Å². The number of aldehydes is 1. The average Bonchev–Trinajstić information content (AvgIpc) is 2.70. The molecular weight excluding hydrogens is 402 g/mol. The van der Waals surface area contributed by atoms with E-state index in [0.717, 1.165) is 49.6 Å². The molecule has 0 spiro atoms. The van der Waals surface area contributed by atoms with E-state index in [4.69, 9.17) is 11.5 Å². The lowest BCUT2D eigenvalue weighted by Gasteiger charge is -2.19. The van der Waals surface area contributed by atoms with Crippen LogP contribution in [0.15, 0.2) is 23.2 Å². The molecule has 1 aliphatic rings. The summed E-state index contributed by atoms with van der Waals surface area (Å²) in [5, 5.41) is 3.07. The summed E-state index contributed by atoms with van der Waals surface area (Å²) in [6, 6.07) is 3.15. The summed E-state index contributed by atoms with van der Waals surface area (Å²) in [4.78, 5) is 24.3. The molecule has 1 aromatic rings. The van der Waals surface area contributed by atoms with Gasteiger partial charge < -0.3 is 21.6 Å². The molecule has 1 amide bonds. The van der Waals surface area contributed by atoms with E-state index in [1.54, 1.807) is 0 Å². The van der Waals surface area contributed by atoms with Crippen LogP contribution in [0.1, 0.15) is 64.4 Å². The van der Waals surface area contributed by atoms with Gasteiger partial charge in [-0.1, -0.05) is 52.0 Å². The van der Waals surface area contributed by atoms with Gasteiger partial charge in [0, 0.05) is 6.42 Å². The van der Waals surface area contributed by atoms with Gasteiger partial charge in [-0.25, -0.2) is 8.78 Å². The van der Waals surface area contributed by atoms with Crippen LogP contribution in [0, 0.1) is 23.5 Å². The maximum Gasteiger partial charge on any atom is 0.253 e. The van der Waals surface area contributed by atoms with E-state index in [1.165, 1.54) is 38.2 Å². The Morgan fingerprint density at radius 1 is 1.19 bits per heavy atom. The highest BCUT2D eigenvalue weighted by atomic mass is 19.2. The Bertz CT molecular complexity index is 672. The first-order valence-electron chi connectivity index (χ1n) is 10.8. The van der Waals surface area contributed by atoms with Crippen molar-refractivity contribution < 1.29 is 18.4 Å². The van der Waals surface area contributed by atoms with Crippen LogP contribution >= 0.6 is 0 Å². The number of carbonyl (C=O) groups excluding carboxylic acids is 2. The minimum atomic E-state index is -1.01. The Balaban J connectivity index is 0.000000484. The maximum atomic E-state index is 12.7. The summed E-state index contributed by atoms with van der Waals surface area (Å²) >= 11 is 0. The molecule has 1 saturated carbocycles. The second kappa shape index (κ2) is 17.3. The Morgan fingerprint density at radius 2 is 1.84 bits per heavy atom. The van der Waals surface area contributed by atoms with E-state index in [2.05, 4.69) is 24.2 Å². The molecule has 6 nitrogen and oxygen atoms in total. The third-order valence-corrected chi connectivity index (χ3v) is 4.62. The van der Waals surface area contributed by atoms with Crippen LogP contribution in [0.3, 0.4) is 0 Å². The molecular formula is C23H38F2N4O2. The molecule has 176 valence electrons. The molecule has 1 aliphatic carbocycles. The summed E-state index contributed by atoms with van der Waals surface area (Å²) in [5.41, 5.74) is 10.3. The van der Waals surface area contributed by atoms with E-state index < -0.39 is 17.5 Å². The van der Waals surface area contributed by atoms with Crippen molar-refractivity contribution >= 4 is 18.2 Å². The highest BCUT2D eigenvalue weighted by Gasteiger charge is 2.11. The quantitative estimate of drug-likeness (QED) is 0.340. The van der Waals surface area contributed by atoms with Crippen LogP contribution in [-0.2, 0) is 16.0 Å². The number of hydrogen-bond acceptors (Lipinski definition) is 3. The summed E-state index contributed by atoms with van der Waals surface area (Å²) in [6.45, 7) is 5.51. The van der Waals surface area contributed by atoms with Crippen molar-refractivity contribution in [2.75, 3.05) is 13.6 Å². The number of aliphatic imine (C=N–C) groups is 1. The molecule has 1 aromatic carbocycles. The number of carbonyl (C=O) groups is 2. The monoisotopic (exact) mass is 440 g/mol. The molecule has 0 atom stereocenters. The number of halogens is 2. The molecule has 1 fully saturated rings. The van der Waals surface area contributed by atoms with Crippen LogP contribution in [-0.4, -0.2) is 31.7 Å². The normalized spacial score (nSPS) is 13.4. The molecule has 5 N–H and O–H groups in total. The first kappa shape index (κ1) is 28.6. The predicted octanol–water partition coefficient (Wildman–Crippen LogP) is 3.71. The Labute approximate surface area is 184 Å². The van der Waals surface area contributed by atoms with Gasteiger partial charge in [-0.2, -0.15) is 4.99 Å². The van der Waals surface area contributed by atoms with Gasteiger partial charge in [0.15, 0.2) is 17.6 Å². The summed E-state index contributed by atoms with van der Waals surface area (Å²) in [7, 11) is 1.97. The number of nitrogens with zero attached hydrogens (tertiary/aromatic N) is 1. The molecule has 8 heteroatoms. The third kappa shape index (κ3) is 16.1. The van der Waals surface area contributed by atoms with Crippen molar-refractivity contribution in [2.45, 2.75) is 65.2 Å². The van der Waals surface area contributed by atoms with Crippen LogP contribution < -0.4 is 16.8 Å². The van der Waals surface area contributed by atoms with Gasteiger partial charge in [-0.3, -0.25) is 4.79 Å². The Morgan fingerprint density at radius 3 is 2.29 bits per heavy atom. The number of guanidine groups is 1. The molecule has 0 radical (unpaired) electrons. The topological polar surface area (TPSA) is 111 Å². The van der Waals surface area contributed by atoms with Gasteiger partial charge >= 0.3 is 0 Å². The number of nitrogens with one attached hydrogen (secondary N) is 1. The number of hydrogen-bond donors (Lipinski definition) is 3. The van der Waals surface area contributed by atoms with Crippen molar-refractivity contribution in [3.05, 3.63) is 35.4 Å². The summed E-state index contributed by atoms with van der Waals surface area (Å²) < 4.78 is 25.2. The van der Waals surface area contributed by atoms with Crippen molar-refractivity contribution in [1.82, 2.24) is 5.32 Å². The second-order valence-corrected chi connectivity index (χ2v) is 8.06. The second-order valence-electron chi connectivity index (χ2n) is 8.06. The zero-order valence-corrected chi connectivity index (χ0v) is 19.0. The van der Waals surface area contributed by atoms with E-state index in [-0.39, 0.29) is 12.4 Å². The third-order valence-electron chi connectivity index (χ3n) is 4.62. The fourth-order valence-corrected chi connectivity index (χ4v) is 3.20. The molecule has 0 saturated heterocycles. The minimum absolute atomic E-state index is 0.172. The van der Waals surface area contributed by atoms with Crippen LogP contribution in [0.25, 0.3) is 0 Å². The molecule has 0 bridgehead atoms. The van der Waals surface area contributed by atoms with Crippen LogP contribution in [0.2, 0.25) is 0 Å². The molecule has 0 aromatic heterocycles. The van der Waals surface area contributed by atoms with E-state index in [9.17, 15) is 18.4 Å². The van der Waals surface area contributed by atoms with E-state index >= 15 is 0 Å². The molecule has 31 heavy (non-hydrogen) atoms. The van der Waals surface area contributed by atoms with E-state index in [1.807, 2.05) is 7.05 Å². The molecule has 0 aliphatic heterocycles. The van der Waals surface area contributed by atoms with Crippen LogP contribution in [0.4, 0.5) is 8.78 Å². The van der Waals surface area contributed by atoms with Gasteiger partial charge in [0.2, 0.25) is 0 Å². The Kier molecular flexibility index (Phi) is 16.0. The van der Waals surface area contributed by atoms with Crippen molar-refractivity contribution in [2.24, 2.45) is 28.3 Å². The number of benzene rings is 1.